The SMILES string of the molecule is COc1cc2c(c(Cl)n1)C(=O)N(C1CC1)CC2. The Labute approximate surface area is 105 Å². The second-order valence-corrected chi connectivity index (χ2v) is 4.83. The van der Waals surface area contributed by atoms with Gasteiger partial charge in [-0.15, -0.1) is 0 Å². The molecule has 5 heteroatoms. The standard InChI is InChI=1S/C12H13ClN2O2/c1-17-9-6-7-4-5-15(8-2-3-8)12(16)10(7)11(13)14-9/h6,8H,2-5H2,1H3. The lowest BCUT2D eigenvalue weighted by Gasteiger charge is -2.29. The van der Waals surface area contributed by atoms with Crippen molar-refractivity contribution >= 4 is 17.5 Å². The number of nitrogens with zero attached hydrogens (tertiary/aromatic N) is 2. The lowest BCUT2D eigenvalue weighted by molar-refractivity contribution is 0.0726. The van der Waals surface area contributed by atoms with E-state index in [1.807, 2.05) is 11.0 Å². The van der Waals surface area contributed by atoms with Gasteiger partial charge in [-0.3, -0.25) is 4.79 Å². The predicted molar refractivity (Wildman–Crippen MR) is 63.6 cm³/mol. The zero-order valence-corrected chi connectivity index (χ0v) is 10.3. The second-order valence-electron chi connectivity index (χ2n) is 4.47. The number of methoxy groups -OCH3 is 1. The molecule has 2 heterocycles. The van der Waals surface area contributed by atoms with Crippen molar-refractivity contribution in [1.29, 1.82) is 0 Å². The Morgan fingerprint density at radius 3 is 2.94 bits per heavy atom. The Morgan fingerprint density at radius 1 is 1.53 bits per heavy atom. The molecular formula is C12H13ClN2O2. The Bertz CT molecular complexity index is 486. The first-order chi connectivity index (χ1) is 8.20. The summed E-state index contributed by atoms with van der Waals surface area (Å²) >= 11 is 6.07. The van der Waals surface area contributed by atoms with E-state index in [4.69, 9.17) is 16.3 Å². The smallest absolute Gasteiger partial charge is 0.257 e. The van der Waals surface area contributed by atoms with Gasteiger partial charge < -0.3 is 9.64 Å². The van der Waals surface area contributed by atoms with Gasteiger partial charge in [-0.2, -0.15) is 0 Å². The van der Waals surface area contributed by atoms with Gasteiger partial charge in [0.15, 0.2) is 0 Å². The molecule has 0 aromatic carbocycles. The highest BCUT2D eigenvalue weighted by Gasteiger charge is 2.37. The number of pyridine rings is 1. The largest absolute Gasteiger partial charge is 0.481 e. The van der Waals surface area contributed by atoms with E-state index in [0.29, 0.717) is 17.5 Å². The molecule has 17 heavy (non-hydrogen) atoms. The number of fused-ring (bicyclic) bond motifs is 1. The minimum absolute atomic E-state index is 0.0221. The summed E-state index contributed by atoms with van der Waals surface area (Å²) in [7, 11) is 1.55. The van der Waals surface area contributed by atoms with Crippen LogP contribution in [-0.4, -0.2) is 35.5 Å². The first-order valence-corrected chi connectivity index (χ1v) is 6.13. The van der Waals surface area contributed by atoms with Gasteiger partial charge in [-0.1, -0.05) is 11.6 Å². The van der Waals surface area contributed by atoms with Crippen molar-refractivity contribution in [3.05, 3.63) is 22.3 Å². The third-order valence-corrected chi connectivity index (χ3v) is 3.60. The summed E-state index contributed by atoms with van der Waals surface area (Å²) in [6.45, 7) is 0.778. The predicted octanol–water partition coefficient (Wildman–Crippen LogP) is 1.90. The van der Waals surface area contributed by atoms with Crippen LogP contribution in [0.3, 0.4) is 0 Å². The number of ether oxygens (including phenoxy) is 1. The van der Waals surface area contributed by atoms with Crippen molar-refractivity contribution in [3.63, 3.8) is 0 Å². The number of rotatable bonds is 2. The monoisotopic (exact) mass is 252 g/mol. The normalized spacial score (nSPS) is 19.2. The molecule has 3 rings (SSSR count). The molecule has 0 spiro atoms. The maximum atomic E-state index is 12.3. The van der Waals surface area contributed by atoms with Crippen LogP contribution in [0.4, 0.5) is 0 Å². The maximum Gasteiger partial charge on any atom is 0.257 e. The van der Waals surface area contributed by atoms with Crippen LogP contribution >= 0.6 is 11.6 Å². The van der Waals surface area contributed by atoms with Gasteiger partial charge in [0, 0.05) is 18.7 Å². The van der Waals surface area contributed by atoms with E-state index in [9.17, 15) is 4.79 Å². The number of amides is 1. The number of hydrogen-bond donors (Lipinski definition) is 0. The summed E-state index contributed by atoms with van der Waals surface area (Å²) in [4.78, 5) is 18.3. The van der Waals surface area contributed by atoms with Gasteiger partial charge >= 0.3 is 0 Å². The van der Waals surface area contributed by atoms with E-state index in [1.165, 1.54) is 0 Å². The van der Waals surface area contributed by atoms with Gasteiger partial charge in [0.1, 0.15) is 5.15 Å². The summed E-state index contributed by atoms with van der Waals surface area (Å²) in [5.41, 5.74) is 1.51. The highest BCUT2D eigenvalue weighted by molar-refractivity contribution is 6.33. The van der Waals surface area contributed by atoms with E-state index >= 15 is 0 Å². The molecule has 0 saturated heterocycles. The molecule has 0 N–H and O–H groups in total. The second kappa shape index (κ2) is 3.88. The van der Waals surface area contributed by atoms with Crippen LogP contribution < -0.4 is 4.74 Å². The summed E-state index contributed by atoms with van der Waals surface area (Å²) in [6, 6.07) is 2.23. The third kappa shape index (κ3) is 1.76. The van der Waals surface area contributed by atoms with Gasteiger partial charge in [-0.25, -0.2) is 4.98 Å². The van der Waals surface area contributed by atoms with Gasteiger partial charge in [0.2, 0.25) is 5.88 Å². The Morgan fingerprint density at radius 2 is 2.29 bits per heavy atom. The number of carbonyl (C=O) groups is 1. The molecule has 1 fully saturated rings. The molecule has 2 aliphatic rings. The van der Waals surface area contributed by atoms with Gasteiger partial charge in [0.05, 0.1) is 12.7 Å². The van der Waals surface area contributed by atoms with Crippen LogP contribution in [0.15, 0.2) is 6.07 Å². The lowest BCUT2D eigenvalue weighted by Crippen LogP contribution is -2.39. The van der Waals surface area contributed by atoms with Crippen molar-refractivity contribution in [2.24, 2.45) is 0 Å². The van der Waals surface area contributed by atoms with Crippen LogP contribution in [0, 0.1) is 0 Å². The highest BCUT2D eigenvalue weighted by Crippen LogP contribution is 2.34. The molecule has 0 unspecified atom stereocenters. The Kier molecular flexibility index (Phi) is 2.47. The molecule has 1 aliphatic heterocycles. The minimum atomic E-state index is 0.0221. The maximum absolute atomic E-state index is 12.3. The number of halogens is 1. The summed E-state index contributed by atoms with van der Waals surface area (Å²) < 4.78 is 5.06. The van der Waals surface area contributed by atoms with Crippen LogP contribution in [0.5, 0.6) is 5.88 Å². The lowest BCUT2D eigenvalue weighted by atomic mass is 10.0. The van der Waals surface area contributed by atoms with Crippen LogP contribution in [0.25, 0.3) is 0 Å². The average Bonchev–Trinajstić information content (AvgIpc) is 3.12. The molecule has 0 bridgehead atoms. The number of hydrogen-bond acceptors (Lipinski definition) is 3. The van der Waals surface area contributed by atoms with Crippen molar-refractivity contribution in [2.45, 2.75) is 25.3 Å². The topological polar surface area (TPSA) is 42.4 Å². The van der Waals surface area contributed by atoms with Gasteiger partial charge in [-0.05, 0) is 24.8 Å². The first kappa shape index (κ1) is 10.8. The highest BCUT2D eigenvalue weighted by atomic mass is 35.5. The fraction of sp³-hybridized carbons (Fsp3) is 0.500. The molecule has 4 nitrogen and oxygen atoms in total. The zero-order chi connectivity index (χ0) is 12.0. The molecule has 1 aromatic heterocycles. The Hall–Kier alpha value is -1.29. The molecule has 0 atom stereocenters. The molecule has 90 valence electrons. The molecule has 1 saturated carbocycles. The van der Waals surface area contributed by atoms with E-state index in [-0.39, 0.29) is 11.1 Å². The zero-order valence-electron chi connectivity index (χ0n) is 9.57. The molecule has 0 radical (unpaired) electrons. The summed E-state index contributed by atoms with van der Waals surface area (Å²) in [6.07, 6.45) is 3.06. The van der Waals surface area contributed by atoms with Crippen molar-refractivity contribution in [1.82, 2.24) is 9.88 Å². The van der Waals surface area contributed by atoms with Crippen LogP contribution in [0.2, 0.25) is 5.15 Å². The molecule has 1 amide bonds. The fourth-order valence-corrected chi connectivity index (χ4v) is 2.57. The van der Waals surface area contributed by atoms with Crippen molar-refractivity contribution < 1.29 is 9.53 Å². The fourth-order valence-electron chi connectivity index (χ4n) is 2.29. The van der Waals surface area contributed by atoms with E-state index in [0.717, 1.165) is 31.4 Å². The van der Waals surface area contributed by atoms with Gasteiger partial charge in [0.25, 0.3) is 5.91 Å². The van der Waals surface area contributed by atoms with Crippen molar-refractivity contribution in [2.75, 3.05) is 13.7 Å². The quantitative estimate of drug-likeness (QED) is 0.755. The van der Waals surface area contributed by atoms with E-state index < -0.39 is 0 Å². The molecular weight excluding hydrogens is 240 g/mol. The van der Waals surface area contributed by atoms with Crippen LogP contribution in [0.1, 0.15) is 28.8 Å². The average molecular weight is 253 g/mol. The number of carbonyl (C=O) groups excluding carboxylic acids is 1. The summed E-state index contributed by atoms with van der Waals surface area (Å²) in [5, 5.41) is 0.259. The Balaban J connectivity index is 2.02. The molecule has 1 aliphatic carbocycles. The third-order valence-electron chi connectivity index (χ3n) is 3.33. The van der Waals surface area contributed by atoms with E-state index in [2.05, 4.69) is 4.98 Å². The van der Waals surface area contributed by atoms with Crippen LogP contribution in [-0.2, 0) is 6.42 Å². The molecule has 1 aromatic rings. The number of aromatic nitrogens is 1. The van der Waals surface area contributed by atoms with E-state index in [1.54, 1.807) is 7.11 Å². The van der Waals surface area contributed by atoms with Crippen molar-refractivity contribution in [3.8, 4) is 5.88 Å². The minimum Gasteiger partial charge on any atom is -0.481 e. The summed E-state index contributed by atoms with van der Waals surface area (Å²) in [5.74, 6) is 0.496. The first-order valence-electron chi connectivity index (χ1n) is 5.75.